The number of hydrogen-bond donors (Lipinski definition) is 4. The number of ether oxygens (including phenoxy) is 3. The van der Waals surface area contributed by atoms with Crippen molar-refractivity contribution in [1.82, 2.24) is 24.6 Å². The topological polar surface area (TPSA) is 208 Å². The summed E-state index contributed by atoms with van der Waals surface area (Å²) in [5.74, 6) is -0.261. The number of rotatable bonds is 12. The standard InChI is InChI=1S/C24H34N7O8P/c1-5-35-20-17-19(28-23(26)29-20)31(13-27-17)21-18(25)24(4,33)16(38-21)12-37-40(34,30-14(3)22(32)36-6-2)39-15-10-8-7-9-11-15/h7-11,13-14,16,18,21,33H,5-6,12,25H2,1-4H3,(H,30,34)(H2,26,28,29)/t14-,16+,18-,21+,24+,40?/m0/s1. The molecule has 0 radical (unpaired) electrons. The Morgan fingerprint density at radius 3 is 2.67 bits per heavy atom. The van der Waals surface area contributed by atoms with Crippen LogP contribution in [0.4, 0.5) is 5.95 Å². The number of hydrogen-bond acceptors (Lipinski definition) is 13. The number of nitrogens with two attached hydrogens (primary N) is 2. The minimum Gasteiger partial charge on any atom is -0.476 e. The first kappa shape index (κ1) is 29.6. The van der Waals surface area contributed by atoms with Crippen molar-refractivity contribution in [1.29, 1.82) is 0 Å². The summed E-state index contributed by atoms with van der Waals surface area (Å²) in [5, 5.41) is 13.9. The summed E-state index contributed by atoms with van der Waals surface area (Å²) >= 11 is 0. The van der Waals surface area contributed by atoms with E-state index in [9.17, 15) is 14.5 Å². The third-order valence-electron chi connectivity index (χ3n) is 6.26. The van der Waals surface area contributed by atoms with Gasteiger partial charge in [-0.1, -0.05) is 18.2 Å². The summed E-state index contributed by atoms with van der Waals surface area (Å²) in [6.45, 7) is 6.43. The van der Waals surface area contributed by atoms with Crippen LogP contribution in [0, 0.1) is 0 Å². The molecular formula is C24H34N7O8P. The van der Waals surface area contributed by atoms with E-state index in [1.807, 2.05) is 0 Å². The van der Waals surface area contributed by atoms with Gasteiger partial charge in [0, 0.05) is 0 Å². The highest BCUT2D eigenvalue weighted by Crippen LogP contribution is 2.47. The molecule has 6 N–H and O–H groups in total. The Kier molecular flexibility index (Phi) is 8.93. The van der Waals surface area contributed by atoms with Crippen molar-refractivity contribution in [2.24, 2.45) is 5.73 Å². The Hall–Kier alpha value is -3.33. The molecule has 0 amide bonds. The molecule has 1 saturated heterocycles. The number of carbonyl (C=O) groups is 1. The zero-order valence-corrected chi connectivity index (χ0v) is 23.5. The summed E-state index contributed by atoms with van der Waals surface area (Å²) in [4.78, 5) is 24.9. The average Bonchev–Trinajstić information content (AvgIpc) is 3.41. The van der Waals surface area contributed by atoms with Crippen LogP contribution in [0.3, 0.4) is 0 Å². The maximum absolute atomic E-state index is 13.8. The van der Waals surface area contributed by atoms with Crippen molar-refractivity contribution in [3.63, 3.8) is 0 Å². The van der Waals surface area contributed by atoms with E-state index in [0.717, 1.165) is 0 Å². The summed E-state index contributed by atoms with van der Waals surface area (Å²) < 4.78 is 43.3. The lowest BCUT2D eigenvalue weighted by molar-refractivity contribution is -0.144. The molecule has 15 nitrogen and oxygen atoms in total. The van der Waals surface area contributed by atoms with Crippen LogP contribution in [0.5, 0.6) is 11.6 Å². The van der Waals surface area contributed by atoms with Gasteiger partial charge in [0.25, 0.3) is 0 Å². The highest BCUT2D eigenvalue weighted by Gasteiger charge is 2.53. The van der Waals surface area contributed by atoms with Crippen molar-refractivity contribution in [3.8, 4) is 11.6 Å². The van der Waals surface area contributed by atoms with E-state index in [4.69, 9.17) is 34.7 Å². The SMILES string of the molecule is CCOC(=O)[C@H](C)NP(=O)(OC[C@H]1O[C@@H](n2cnc3c(OCC)nc(N)nc32)[C@H](N)[C@]1(C)O)Oc1ccccc1. The van der Waals surface area contributed by atoms with Gasteiger partial charge in [0.05, 0.1) is 32.2 Å². The third-order valence-corrected chi connectivity index (χ3v) is 7.90. The normalized spacial score (nSPS) is 24.9. The van der Waals surface area contributed by atoms with E-state index in [1.165, 1.54) is 24.7 Å². The van der Waals surface area contributed by atoms with Crippen LogP contribution in [-0.2, 0) is 23.4 Å². The number of para-hydroxylation sites is 1. The van der Waals surface area contributed by atoms with Gasteiger partial charge in [-0.3, -0.25) is 13.9 Å². The molecule has 3 aromatic rings. The van der Waals surface area contributed by atoms with Crippen molar-refractivity contribution in [2.45, 2.75) is 57.7 Å². The van der Waals surface area contributed by atoms with Gasteiger partial charge in [-0.05, 0) is 39.8 Å². The Morgan fingerprint density at radius 2 is 2.00 bits per heavy atom. The molecule has 1 aromatic carbocycles. The van der Waals surface area contributed by atoms with E-state index in [2.05, 4.69) is 20.0 Å². The molecule has 2 aromatic heterocycles. The molecule has 0 saturated carbocycles. The molecule has 16 heteroatoms. The smallest absolute Gasteiger partial charge is 0.459 e. The Balaban J connectivity index is 1.57. The van der Waals surface area contributed by atoms with E-state index < -0.39 is 50.3 Å². The second-order valence-corrected chi connectivity index (χ2v) is 10.9. The van der Waals surface area contributed by atoms with Gasteiger partial charge in [-0.15, -0.1) is 0 Å². The first-order valence-corrected chi connectivity index (χ1v) is 14.2. The fourth-order valence-electron chi connectivity index (χ4n) is 4.10. The van der Waals surface area contributed by atoms with Crippen LogP contribution in [-0.4, -0.2) is 74.2 Å². The van der Waals surface area contributed by atoms with Crippen LogP contribution in [0.1, 0.15) is 33.9 Å². The van der Waals surface area contributed by atoms with Crippen molar-refractivity contribution in [2.75, 3.05) is 25.6 Å². The van der Waals surface area contributed by atoms with E-state index >= 15 is 0 Å². The van der Waals surface area contributed by atoms with Gasteiger partial charge >= 0.3 is 13.7 Å². The maximum Gasteiger partial charge on any atom is 0.459 e. The number of fused-ring (bicyclic) bond motifs is 1. The zero-order chi connectivity index (χ0) is 29.1. The van der Waals surface area contributed by atoms with Crippen LogP contribution in [0.25, 0.3) is 11.2 Å². The number of nitrogens with one attached hydrogen (secondary N) is 1. The van der Waals surface area contributed by atoms with Crippen LogP contribution >= 0.6 is 7.75 Å². The molecule has 1 unspecified atom stereocenters. The van der Waals surface area contributed by atoms with Gasteiger partial charge < -0.3 is 35.3 Å². The predicted octanol–water partition coefficient (Wildman–Crippen LogP) is 1.53. The van der Waals surface area contributed by atoms with Crippen LogP contribution < -0.4 is 25.8 Å². The van der Waals surface area contributed by atoms with E-state index in [1.54, 1.807) is 44.2 Å². The minimum absolute atomic E-state index is 0.0447. The number of aliphatic hydroxyl groups is 1. The van der Waals surface area contributed by atoms with Gasteiger partial charge in [-0.25, -0.2) is 9.55 Å². The lowest BCUT2D eigenvalue weighted by Gasteiger charge is -2.29. The summed E-state index contributed by atoms with van der Waals surface area (Å²) in [5.41, 5.74) is 11.3. The monoisotopic (exact) mass is 579 g/mol. The molecule has 0 spiro atoms. The second kappa shape index (κ2) is 12.0. The molecule has 6 atom stereocenters. The fourth-order valence-corrected chi connectivity index (χ4v) is 5.59. The number of imidazole rings is 1. The quantitative estimate of drug-likeness (QED) is 0.177. The van der Waals surface area contributed by atoms with Gasteiger partial charge in [0.2, 0.25) is 11.8 Å². The lowest BCUT2D eigenvalue weighted by atomic mass is 9.93. The Morgan fingerprint density at radius 1 is 1.27 bits per heavy atom. The molecule has 3 heterocycles. The predicted molar refractivity (Wildman–Crippen MR) is 143 cm³/mol. The molecule has 218 valence electrons. The first-order chi connectivity index (χ1) is 19.0. The van der Waals surface area contributed by atoms with Crippen LogP contribution in [0.2, 0.25) is 0 Å². The van der Waals surface area contributed by atoms with Crippen molar-refractivity contribution in [3.05, 3.63) is 36.7 Å². The number of aromatic nitrogens is 4. The number of carbonyl (C=O) groups excluding carboxylic acids is 1. The van der Waals surface area contributed by atoms with Crippen molar-refractivity contribution < 1.29 is 37.7 Å². The fraction of sp³-hybridized carbons (Fsp3) is 0.500. The van der Waals surface area contributed by atoms with E-state index in [-0.39, 0.29) is 29.8 Å². The highest BCUT2D eigenvalue weighted by atomic mass is 31.2. The molecule has 0 aliphatic carbocycles. The molecule has 1 aliphatic heterocycles. The lowest BCUT2D eigenvalue weighted by Crippen LogP contribution is -2.51. The zero-order valence-electron chi connectivity index (χ0n) is 22.6. The summed E-state index contributed by atoms with van der Waals surface area (Å²) in [7, 11) is -4.20. The number of esters is 1. The van der Waals surface area contributed by atoms with E-state index in [0.29, 0.717) is 12.1 Å². The second-order valence-electron chi connectivity index (χ2n) is 9.21. The average molecular weight is 580 g/mol. The molecule has 4 rings (SSSR count). The van der Waals surface area contributed by atoms with Crippen LogP contribution in [0.15, 0.2) is 36.7 Å². The van der Waals surface area contributed by atoms with Crippen molar-refractivity contribution >= 4 is 30.8 Å². The first-order valence-electron chi connectivity index (χ1n) is 12.7. The number of benzene rings is 1. The molecule has 0 bridgehead atoms. The summed E-state index contributed by atoms with van der Waals surface area (Å²) in [6.07, 6.45) is -0.613. The number of nitrogen functional groups attached to an aromatic ring is 1. The minimum atomic E-state index is -4.20. The van der Waals surface area contributed by atoms with Gasteiger partial charge in [0.15, 0.2) is 17.4 Å². The molecule has 40 heavy (non-hydrogen) atoms. The Bertz CT molecular complexity index is 1370. The van der Waals surface area contributed by atoms with Gasteiger partial charge in [0.1, 0.15) is 23.5 Å². The summed E-state index contributed by atoms with van der Waals surface area (Å²) in [6, 6.07) is 6.26. The maximum atomic E-state index is 13.8. The third kappa shape index (κ3) is 6.19. The highest BCUT2D eigenvalue weighted by molar-refractivity contribution is 7.52. The number of anilines is 1. The largest absolute Gasteiger partial charge is 0.476 e. The van der Waals surface area contributed by atoms with Gasteiger partial charge in [-0.2, -0.15) is 15.1 Å². The molecular weight excluding hydrogens is 545 g/mol. The number of nitrogens with zero attached hydrogens (tertiary/aromatic N) is 4. The molecule has 1 aliphatic rings. The molecule has 1 fully saturated rings. The Labute approximate surface area is 230 Å².